The second-order valence-electron chi connectivity index (χ2n) is 4.19. The van der Waals surface area contributed by atoms with Gasteiger partial charge in [0.1, 0.15) is 5.82 Å². The van der Waals surface area contributed by atoms with Crippen molar-refractivity contribution in [3.63, 3.8) is 0 Å². The molecule has 0 bridgehead atoms. The first-order chi connectivity index (χ1) is 8.99. The van der Waals surface area contributed by atoms with Crippen LogP contribution in [0.5, 0.6) is 0 Å². The largest absolute Gasteiger partial charge is 0.478 e. The minimum atomic E-state index is -0.981. The molecule has 1 aromatic carbocycles. The lowest BCUT2D eigenvalue weighted by atomic mass is 10.2. The zero-order valence-corrected chi connectivity index (χ0v) is 11.3. The topological polar surface area (TPSA) is 62.2 Å². The van der Waals surface area contributed by atoms with Gasteiger partial charge < -0.3 is 10.4 Å². The van der Waals surface area contributed by atoms with E-state index in [4.69, 9.17) is 16.7 Å². The number of pyridine rings is 1. The van der Waals surface area contributed by atoms with Crippen LogP contribution in [0.15, 0.2) is 30.3 Å². The number of nitrogens with zero attached hydrogens (tertiary/aromatic N) is 1. The number of aromatic carboxylic acids is 1. The van der Waals surface area contributed by atoms with Crippen molar-refractivity contribution in [3.05, 3.63) is 52.2 Å². The zero-order chi connectivity index (χ0) is 14.0. The summed E-state index contributed by atoms with van der Waals surface area (Å²) >= 11 is 6.12. The maximum absolute atomic E-state index is 10.9. The average molecular weight is 277 g/mol. The highest BCUT2D eigenvalue weighted by atomic mass is 35.5. The molecule has 2 N–H and O–H groups in total. The Morgan fingerprint density at radius 2 is 2.00 bits per heavy atom. The van der Waals surface area contributed by atoms with Gasteiger partial charge in [-0.2, -0.15) is 0 Å². The van der Waals surface area contributed by atoms with Crippen molar-refractivity contribution >= 4 is 29.1 Å². The number of carbonyl (C=O) groups is 1. The zero-order valence-electron chi connectivity index (χ0n) is 10.6. The van der Waals surface area contributed by atoms with Crippen LogP contribution in [-0.4, -0.2) is 16.1 Å². The van der Waals surface area contributed by atoms with Gasteiger partial charge in [0.2, 0.25) is 0 Å². The van der Waals surface area contributed by atoms with Gasteiger partial charge in [-0.1, -0.05) is 23.7 Å². The first-order valence-corrected chi connectivity index (χ1v) is 6.10. The molecule has 19 heavy (non-hydrogen) atoms. The van der Waals surface area contributed by atoms with Crippen LogP contribution >= 0.6 is 11.6 Å². The summed E-state index contributed by atoms with van der Waals surface area (Å²) in [7, 11) is 0. The summed E-state index contributed by atoms with van der Waals surface area (Å²) < 4.78 is 0. The molecule has 1 aromatic heterocycles. The van der Waals surface area contributed by atoms with Crippen LogP contribution in [0, 0.1) is 13.8 Å². The molecule has 0 amide bonds. The van der Waals surface area contributed by atoms with E-state index in [2.05, 4.69) is 10.3 Å². The molecule has 2 rings (SSSR count). The number of rotatable bonds is 3. The molecule has 2 aromatic rings. The first-order valence-electron chi connectivity index (χ1n) is 5.72. The van der Waals surface area contributed by atoms with Crippen LogP contribution in [0.4, 0.5) is 11.5 Å². The fourth-order valence-corrected chi connectivity index (χ4v) is 2.04. The number of hydrogen-bond donors (Lipinski definition) is 2. The van der Waals surface area contributed by atoms with Gasteiger partial charge in [0.15, 0.2) is 0 Å². The van der Waals surface area contributed by atoms with E-state index in [1.165, 1.54) is 6.07 Å². The summed E-state index contributed by atoms with van der Waals surface area (Å²) in [5.74, 6) is -0.413. The molecule has 98 valence electrons. The molecule has 0 radical (unpaired) electrons. The van der Waals surface area contributed by atoms with E-state index in [9.17, 15) is 4.79 Å². The van der Waals surface area contributed by atoms with Crippen LogP contribution in [0.1, 0.15) is 21.6 Å². The van der Waals surface area contributed by atoms with Crippen LogP contribution in [0.3, 0.4) is 0 Å². The molecule has 0 spiro atoms. The Morgan fingerprint density at radius 3 is 2.58 bits per heavy atom. The Balaban J connectivity index is 2.34. The van der Waals surface area contributed by atoms with Crippen LogP contribution in [0.25, 0.3) is 0 Å². The van der Waals surface area contributed by atoms with E-state index in [1.54, 1.807) is 19.1 Å². The molecule has 0 aliphatic carbocycles. The summed E-state index contributed by atoms with van der Waals surface area (Å²) in [6.45, 7) is 3.60. The molecule has 5 heteroatoms. The van der Waals surface area contributed by atoms with Gasteiger partial charge in [0, 0.05) is 0 Å². The third kappa shape index (κ3) is 2.85. The Kier molecular flexibility index (Phi) is 3.71. The maximum Gasteiger partial charge on any atom is 0.337 e. The summed E-state index contributed by atoms with van der Waals surface area (Å²) in [5.41, 5.74) is 2.43. The van der Waals surface area contributed by atoms with Crippen molar-refractivity contribution in [1.29, 1.82) is 0 Å². The third-order valence-electron chi connectivity index (χ3n) is 2.79. The van der Waals surface area contributed by atoms with E-state index in [0.29, 0.717) is 16.5 Å². The fourth-order valence-electron chi connectivity index (χ4n) is 1.78. The molecule has 0 aliphatic heterocycles. The highest BCUT2D eigenvalue weighted by Crippen LogP contribution is 2.28. The molecule has 0 aliphatic rings. The Labute approximate surface area is 116 Å². The van der Waals surface area contributed by atoms with Crippen molar-refractivity contribution in [2.75, 3.05) is 5.32 Å². The number of benzene rings is 1. The summed E-state index contributed by atoms with van der Waals surface area (Å²) in [6.07, 6.45) is 0. The van der Waals surface area contributed by atoms with Gasteiger partial charge in [0.05, 0.1) is 22.0 Å². The lowest BCUT2D eigenvalue weighted by Crippen LogP contribution is -2.04. The highest BCUT2D eigenvalue weighted by molar-refractivity contribution is 6.33. The number of hydrogen-bond acceptors (Lipinski definition) is 3. The Morgan fingerprint density at radius 1 is 1.26 bits per heavy atom. The summed E-state index contributed by atoms with van der Waals surface area (Å²) in [4.78, 5) is 15.1. The number of carboxylic acids is 1. The predicted octanol–water partition coefficient (Wildman–Crippen LogP) is 3.79. The molecule has 4 nitrogen and oxygen atoms in total. The SMILES string of the molecule is Cc1cccc(Cl)c1Nc1ccc(C(=O)O)c(C)n1. The maximum atomic E-state index is 10.9. The van der Waals surface area contributed by atoms with Crippen LogP contribution in [-0.2, 0) is 0 Å². The number of aryl methyl sites for hydroxylation is 2. The summed E-state index contributed by atoms with van der Waals surface area (Å²) in [5, 5.41) is 12.7. The van der Waals surface area contributed by atoms with Crippen molar-refractivity contribution in [2.24, 2.45) is 0 Å². The van der Waals surface area contributed by atoms with Crippen LogP contribution < -0.4 is 5.32 Å². The minimum Gasteiger partial charge on any atom is -0.478 e. The third-order valence-corrected chi connectivity index (χ3v) is 3.11. The standard InChI is InChI=1S/C14H13ClN2O2/c1-8-4-3-5-11(15)13(8)17-12-7-6-10(14(18)19)9(2)16-12/h3-7H,1-2H3,(H,16,17)(H,18,19). The van der Waals surface area contributed by atoms with Gasteiger partial charge in [-0.15, -0.1) is 0 Å². The Hall–Kier alpha value is -2.07. The number of anilines is 2. The molecule has 0 saturated heterocycles. The lowest BCUT2D eigenvalue weighted by molar-refractivity contribution is 0.0695. The van der Waals surface area contributed by atoms with Crippen molar-refractivity contribution in [3.8, 4) is 0 Å². The van der Waals surface area contributed by atoms with Gasteiger partial charge >= 0.3 is 5.97 Å². The number of nitrogens with one attached hydrogen (secondary N) is 1. The molecule has 0 unspecified atom stereocenters. The number of halogens is 1. The first kappa shape index (κ1) is 13.4. The predicted molar refractivity (Wildman–Crippen MR) is 75.4 cm³/mol. The number of carboxylic acid groups (broad SMARTS) is 1. The lowest BCUT2D eigenvalue weighted by Gasteiger charge is -2.11. The van der Waals surface area contributed by atoms with Gasteiger partial charge in [-0.3, -0.25) is 0 Å². The molecule has 0 fully saturated rings. The monoisotopic (exact) mass is 276 g/mol. The smallest absolute Gasteiger partial charge is 0.337 e. The van der Waals surface area contributed by atoms with Crippen molar-refractivity contribution < 1.29 is 9.90 Å². The van der Waals surface area contributed by atoms with E-state index in [0.717, 1.165) is 11.3 Å². The molecular formula is C14H13ClN2O2. The van der Waals surface area contributed by atoms with E-state index >= 15 is 0 Å². The molecule has 0 atom stereocenters. The number of aromatic nitrogens is 1. The highest BCUT2D eigenvalue weighted by Gasteiger charge is 2.10. The van der Waals surface area contributed by atoms with E-state index < -0.39 is 5.97 Å². The van der Waals surface area contributed by atoms with E-state index in [-0.39, 0.29) is 5.56 Å². The van der Waals surface area contributed by atoms with Crippen LogP contribution in [0.2, 0.25) is 5.02 Å². The number of para-hydroxylation sites is 1. The molecule has 1 heterocycles. The molecule has 0 saturated carbocycles. The van der Waals surface area contributed by atoms with Gasteiger partial charge in [-0.05, 0) is 37.6 Å². The quantitative estimate of drug-likeness (QED) is 0.895. The normalized spacial score (nSPS) is 10.3. The average Bonchev–Trinajstić information content (AvgIpc) is 2.33. The summed E-state index contributed by atoms with van der Waals surface area (Å²) in [6, 6.07) is 8.75. The fraction of sp³-hybridized carbons (Fsp3) is 0.143. The van der Waals surface area contributed by atoms with Gasteiger partial charge in [-0.25, -0.2) is 9.78 Å². The molecular weight excluding hydrogens is 264 g/mol. The second kappa shape index (κ2) is 5.28. The second-order valence-corrected chi connectivity index (χ2v) is 4.60. The van der Waals surface area contributed by atoms with Crippen molar-refractivity contribution in [1.82, 2.24) is 4.98 Å². The van der Waals surface area contributed by atoms with Crippen molar-refractivity contribution in [2.45, 2.75) is 13.8 Å². The van der Waals surface area contributed by atoms with E-state index in [1.807, 2.05) is 19.1 Å². The Bertz CT molecular complexity index is 621. The minimum absolute atomic E-state index is 0.196. The van der Waals surface area contributed by atoms with Gasteiger partial charge in [0.25, 0.3) is 0 Å².